The summed E-state index contributed by atoms with van der Waals surface area (Å²) in [6, 6.07) is 7.95. The molecule has 0 unspecified atom stereocenters. The summed E-state index contributed by atoms with van der Waals surface area (Å²) in [4.78, 5) is 27.0. The number of nitrogens with zero attached hydrogens (tertiary/aromatic N) is 3. The first kappa shape index (κ1) is 18.8. The van der Waals surface area contributed by atoms with Crippen LogP contribution in [0.5, 0.6) is 0 Å². The number of para-hydroxylation sites is 1. The van der Waals surface area contributed by atoms with E-state index in [0.717, 1.165) is 25.3 Å². The van der Waals surface area contributed by atoms with Gasteiger partial charge in [-0.15, -0.1) is 0 Å². The number of hydrogen-bond acceptors (Lipinski definition) is 4. The maximum Gasteiger partial charge on any atom is 0.278 e. The molecule has 2 heterocycles. The zero-order valence-electron chi connectivity index (χ0n) is 16.0. The third-order valence-corrected chi connectivity index (χ3v) is 5.56. The predicted molar refractivity (Wildman–Crippen MR) is 104 cm³/mol. The minimum absolute atomic E-state index is 0.154. The lowest BCUT2D eigenvalue weighted by molar-refractivity contribution is 0.0695. The summed E-state index contributed by atoms with van der Waals surface area (Å²) in [7, 11) is 0. The van der Waals surface area contributed by atoms with Crippen LogP contribution in [-0.4, -0.2) is 46.3 Å². The van der Waals surface area contributed by atoms with Crippen molar-refractivity contribution in [2.75, 3.05) is 19.6 Å². The summed E-state index contributed by atoms with van der Waals surface area (Å²) in [5.41, 5.74) is 0.119. The number of rotatable bonds is 5. The van der Waals surface area contributed by atoms with E-state index in [-0.39, 0.29) is 17.3 Å². The number of amides is 1. The standard InChI is InChI=1S/C21H25FN4O2/c1-14-12-19(27)20(24-26(14)18-5-3-2-4-17(18)22)21(28)25-10-8-16(9-11-25)23-13-15-6-7-15/h2-5,12,15-16,23H,6-11,13H2,1H3. The van der Waals surface area contributed by atoms with E-state index in [1.165, 1.54) is 29.7 Å². The van der Waals surface area contributed by atoms with Crippen LogP contribution in [0.1, 0.15) is 41.9 Å². The van der Waals surface area contributed by atoms with Crippen LogP contribution in [0.2, 0.25) is 0 Å². The number of aryl methyl sites for hydroxylation is 1. The van der Waals surface area contributed by atoms with Crippen molar-refractivity contribution in [2.45, 2.75) is 38.6 Å². The fourth-order valence-corrected chi connectivity index (χ4v) is 3.65. The molecule has 0 atom stereocenters. The average Bonchev–Trinajstić information content (AvgIpc) is 3.52. The van der Waals surface area contributed by atoms with Crippen molar-refractivity contribution in [3.8, 4) is 5.69 Å². The Kier molecular flexibility index (Phi) is 5.26. The molecule has 1 aromatic heterocycles. The Bertz CT molecular complexity index is 930. The van der Waals surface area contributed by atoms with Gasteiger partial charge < -0.3 is 10.2 Å². The first-order valence-electron chi connectivity index (χ1n) is 9.91. The number of halogens is 1. The molecule has 1 N–H and O–H groups in total. The van der Waals surface area contributed by atoms with Gasteiger partial charge >= 0.3 is 0 Å². The molecule has 2 aliphatic rings. The van der Waals surface area contributed by atoms with Crippen molar-refractivity contribution in [1.29, 1.82) is 0 Å². The van der Waals surface area contributed by atoms with Crippen LogP contribution in [0, 0.1) is 18.7 Å². The van der Waals surface area contributed by atoms with Crippen molar-refractivity contribution in [2.24, 2.45) is 5.92 Å². The highest BCUT2D eigenvalue weighted by Crippen LogP contribution is 2.28. The zero-order valence-corrected chi connectivity index (χ0v) is 16.0. The van der Waals surface area contributed by atoms with Crippen molar-refractivity contribution in [3.05, 3.63) is 57.8 Å². The van der Waals surface area contributed by atoms with Gasteiger partial charge in [-0.25, -0.2) is 9.07 Å². The molecule has 1 aliphatic heterocycles. The van der Waals surface area contributed by atoms with Gasteiger partial charge in [0.25, 0.3) is 5.91 Å². The minimum atomic E-state index is -0.456. The maximum atomic E-state index is 14.2. The van der Waals surface area contributed by atoms with Crippen LogP contribution in [0.3, 0.4) is 0 Å². The van der Waals surface area contributed by atoms with Crippen molar-refractivity contribution in [1.82, 2.24) is 20.0 Å². The van der Waals surface area contributed by atoms with E-state index in [1.807, 2.05) is 0 Å². The van der Waals surface area contributed by atoms with Gasteiger partial charge in [-0.3, -0.25) is 9.59 Å². The smallest absolute Gasteiger partial charge is 0.278 e. The van der Waals surface area contributed by atoms with Gasteiger partial charge in [-0.05, 0) is 57.2 Å². The molecule has 2 fully saturated rings. The Morgan fingerprint density at radius 1 is 1.21 bits per heavy atom. The highest BCUT2D eigenvalue weighted by atomic mass is 19.1. The number of carbonyl (C=O) groups excluding carboxylic acids is 1. The van der Waals surface area contributed by atoms with Crippen LogP contribution < -0.4 is 10.7 Å². The van der Waals surface area contributed by atoms with Gasteiger partial charge in [0, 0.05) is 30.9 Å². The number of aromatic nitrogens is 2. The molecule has 1 saturated heterocycles. The molecule has 1 amide bonds. The Morgan fingerprint density at radius 3 is 2.61 bits per heavy atom. The molecule has 28 heavy (non-hydrogen) atoms. The molecule has 1 saturated carbocycles. The van der Waals surface area contributed by atoms with Crippen molar-refractivity contribution < 1.29 is 9.18 Å². The third-order valence-electron chi connectivity index (χ3n) is 5.56. The molecule has 0 bridgehead atoms. The fraction of sp³-hybridized carbons (Fsp3) is 0.476. The zero-order chi connectivity index (χ0) is 19.7. The van der Waals surface area contributed by atoms with Crippen molar-refractivity contribution in [3.63, 3.8) is 0 Å². The van der Waals surface area contributed by atoms with Gasteiger partial charge in [0.1, 0.15) is 11.5 Å². The molecule has 2 aromatic rings. The Hall–Kier alpha value is -2.54. The lowest BCUT2D eigenvalue weighted by Gasteiger charge is -2.32. The first-order chi connectivity index (χ1) is 13.5. The number of hydrogen-bond donors (Lipinski definition) is 1. The Balaban J connectivity index is 1.50. The molecule has 1 aromatic carbocycles. The number of piperidine rings is 1. The summed E-state index contributed by atoms with van der Waals surface area (Å²) < 4.78 is 15.5. The van der Waals surface area contributed by atoms with Gasteiger partial charge in [-0.1, -0.05) is 12.1 Å². The lowest BCUT2D eigenvalue weighted by atomic mass is 10.0. The first-order valence-corrected chi connectivity index (χ1v) is 9.91. The Morgan fingerprint density at radius 2 is 1.93 bits per heavy atom. The van der Waals surface area contributed by atoms with Gasteiger partial charge in [0.2, 0.25) is 5.43 Å². The van der Waals surface area contributed by atoms with E-state index in [2.05, 4.69) is 10.4 Å². The van der Waals surface area contributed by atoms with Crippen LogP contribution in [0.25, 0.3) is 5.69 Å². The van der Waals surface area contributed by atoms with Gasteiger partial charge in [-0.2, -0.15) is 5.10 Å². The summed E-state index contributed by atoms with van der Waals surface area (Å²) in [6.45, 7) is 3.92. The van der Waals surface area contributed by atoms with Crippen LogP contribution >= 0.6 is 0 Å². The Labute approximate surface area is 163 Å². The van der Waals surface area contributed by atoms with Gasteiger partial charge in [0.05, 0.1) is 0 Å². The largest absolute Gasteiger partial charge is 0.337 e. The maximum absolute atomic E-state index is 14.2. The topological polar surface area (TPSA) is 67.2 Å². The summed E-state index contributed by atoms with van der Waals surface area (Å²) in [5.74, 6) is -0.00768. The molecule has 1 aliphatic carbocycles. The van der Waals surface area contributed by atoms with E-state index >= 15 is 0 Å². The predicted octanol–water partition coefficient (Wildman–Crippen LogP) is 2.28. The van der Waals surface area contributed by atoms with E-state index in [1.54, 1.807) is 30.0 Å². The highest BCUT2D eigenvalue weighted by molar-refractivity contribution is 5.92. The summed E-state index contributed by atoms with van der Waals surface area (Å²) in [5, 5.41) is 7.80. The number of carbonyl (C=O) groups is 1. The molecular weight excluding hydrogens is 359 g/mol. The second-order valence-electron chi connectivity index (χ2n) is 7.78. The second kappa shape index (κ2) is 7.83. The van der Waals surface area contributed by atoms with Crippen LogP contribution in [-0.2, 0) is 0 Å². The average molecular weight is 384 g/mol. The summed E-state index contributed by atoms with van der Waals surface area (Å²) in [6.07, 6.45) is 4.37. The molecule has 148 valence electrons. The number of likely N-dealkylation sites (tertiary alicyclic amines) is 1. The second-order valence-corrected chi connectivity index (χ2v) is 7.78. The van der Waals surface area contributed by atoms with E-state index in [0.29, 0.717) is 24.8 Å². The molecule has 0 radical (unpaired) electrons. The SMILES string of the molecule is Cc1cc(=O)c(C(=O)N2CCC(NCC3CC3)CC2)nn1-c1ccccc1F. The van der Waals surface area contributed by atoms with Gasteiger partial charge in [0.15, 0.2) is 5.69 Å². The minimum Gasteiger partial charge on any atom is -0.337 e. The van der Waals surface area contributed by atoms with Crippen LogP contribution in [0.4, 0.5) is 4.39 Å². The monoisotopic (exact) mass is 384 g/mol. The fourth-order valence-electron chi connectivity index (χ4n) is 3.65. The van der Waals surface area contributed by atoms with E-state index < -0.39 is 11.2 Å². The normalized spacial score (nSPS) is 17.7. The summed E-state index contributed by atoms with van der Waals surface area (Å²) >= 11 is 0. The lowest BCUT2D eigenvalue weighted by Crippen LogP contribution is -2.46. The molecular formula is C21H25FN4O2. The molecule has 7 heteroatoms. The molecule has 0 spiro atoms. The molecule has 6 nitrogen and oxygen atoms in total. The number of nitrogens with one attached hydrogen (secondary N) is 1. The van der Waals surface area contributed by atoms with E-state index in [9.17, 15) is 14.0 Å². The highest BCUT2D eigenvalue weighted by Gasteiger charge is 2.28. The van der Waals surface area contributed by atoms with Crippen LogP contribution in [0.15, 0.2) is 35.1 Å². The quantitative estimate of drug-likeness (QED) is 0.859. The van der Waals surface area contributed by atoms with Crippen molar-refractivity contribution >= 4 is 5.91 Å². The third kappa shape index (κ3) is 3.99. The van der Waals surface area contributed by atoms with E-state index in [4.69, 9.17) is 0 Å². The number of benzene rings is 1. The molecule has 4 rings (SSSR count).